The van der Waals surface area contributed by atoms with Crippen LogP contribution < -0.4 is 10.1 Å². The lowest BCUT2D eigenvalue weighted by Crippen LogP contribution is -2.24. The van der Waals surface area contributed by atoms with E-state index in [0.717, 1.165) is 24.2 Å². The Balaban J connectivity index is 1.37. The van der Waals surface area contributed by atoms with E-state index in [-0.39, 0.29) is 5.91 Å². The van der Waals surface area contributed by atoms with Crippen LogP contribution in [0.3, 0.4) is 0 Å². The van der Waals surface area contributed by atoms with Crippen molar-refractivity contribution in [1.29, 1.82) is 0 Å². The molecule has 8 heteroatoms. The molecule has 2 amide bonds. The van der Waals surface area contributed by atoms with Crippen LogP contribution >= 0.6 is 0 Å². The molecular weight excluding hydrogens is 300 g/mol. The van der Waals surface area contributed by atoms with E-state index < -0.39 is 12.2 Å². The van der Waals surface area contributed by atoms with E-state index in [0.29, 0.717) is 18.8 Å². The smallest absolute Gasteiger partial charge is 0.414 e. The van der Waals surface area contributed by atoms with E-state index in [1.807, 2.05) is 18.2 Å². The van der Waals surface area contributed by atoms with Crippen molar-refractivity contribution in [2.24, 2.45) is 0 Å². The van der Waals surface area contributed by atoms with Crippen molar-refractivity contribution in [2.75, 3.05) is 6.61 Å². The molecule has 0 aliphatic carbocycles. The van der Waals surface area contributed by atoms with Crippen molar-refractivity contribution in [3.8, 4) is 17.1 Å². The molecule has 0 aromatic carbocycles. The normalized spacial score (nSPS) is 17.0. The average Bonchev–Trinajstić information content (AvgIpc) is 3.18. The first-order chi connectivity index (χ1) is 11.2. The Labute approximate surface area is 132 Å². The van der Waals surface area contributed by atoms with Gasteiger partial charge in [0, 0.05) is 6.20 Å². The Kier molecular flexibility index (Phi) is 4.51. The number of hydrogen-bond acceptors (Lipinski definition) is 6. The molecule has 0 radical (unpaired) electrons. The number of carbonyl (C=O) groups is 2. The van der Waals surface area contributed by atoms with Crippen molar-refractivity contribution in [1.82, 2.24) is 20.5 Å². The molecule has 23 heavy (non-hydrogen) atoms. The number of nitrogens with one attached hydrogen (secondary N) is 2. The summed E-state index contributed by atoms with van der Waals surface area (Å²) in [6, 6.07) is 5.54. The lowest BCUT2D eigenvalue weighted by atomic mass is 10.1. The summed E-state index contributed by atoms with van der Waals surface area (Å²) in [5.74, 6) is 0.313. The third kappa shape index (κ3) is 3.85. The minimum absolute atomic E-state index is 0.366. The molecule has 3 rings (SSSR count). The predicted octanol–water partition coefficient (Wildman–Crippen LogP) is 1.66. The van der Waals surface area contributed by atoms with E-state index in [2.05, 4.69) is 20.5 Å². The number of unbranched alkanes of at least 4 members (excludes halogenated alkanes) is 1. The Bertz CT molecular complexity index is 669. The van der Waals surface area contributed by atoms with E-state index in [4.69, 9.17) is 9.47 Å². The summed E-state index contributed by atoms with van der Waals surface area (Å²) in [4.78, 5) is 26.4. The van der Waals surface area contributed by atoms with Crippen LogP contribution in [0.4, 0.5) is 4.79 Å². The number of pyridine rings is 1. The Morgan fingerprint density at radius 1 is 1.22 bits per heavy atom. The van der Waals surface area contributed by atoms with Gasteiger partial charge in [0.1, 0.15) is 5.75 Å². The molecule has 1 saturated heterocycles. The van der Waals surface area contributed by atoms with Crippen LogP contribution in [0.15, 0.2) is 30.6 Å². The van der Waals surface area contributed by atoms with Gasteiger partial charge in [-0.25, -0.2) is 4.79 Å². The topological polar surface area (TPSA) is 106 Å². The Morgan fingerprint density at radius 3 is 2.78 bits per heavy atom. The van der Waals surface area contributed by atoms with Gasteiger partial charge in [0.05, 0.1) is 24.2 Å². The molecule has 0 saturated carbocycles. The second-order valence-corrected chi connectivity index (χ2v) is 5.08. The maximum atomic E-state index is 11.3. The monoisotopic (exact) mass is 316 g/mol. The first-order valence-corrected chi connectivity index (χ1v) is 7.32. The van der Waals surface area contributed by atoms with Crippen molar-refractivity contribution in [3.05, 3.63) is 30.6 Å². The second-order valence-electron chi connectivity index (χ2n) is 5.08. The molecule has 120 valence electrons. The number of H-pyrrole nitrogens is 1. The highest BCUT2D eigenvalue weighted by molar-refractivity contribution is 5.99. The van der Waals surface area contributed by atoms with Gasteiger partial charge in [-0.15, -0.1) is 0 Å². The Hall–Kier alpha value is -2.90. The standard InChI is InChI=1S/C15H16N4O4/c20-14-13(23-15(21)18-14)3-1-2-8-22-10-4-5-11(16-9-10)12-6-7-17-19-12/h4-7,9,13H,1-3,8H2,(H,17,19)(H,18,20,21). The zero-order valence-electron chi connectivity index (χ0n) is 12.3. The SMILES string of the molecule is O=C1NC(=O)C(CCCCOc2ccc(-c3ccn[nH]3)nc2)O1. The van der Waals surface area contributed by atoms with Gasteiger partial charge in [0.2, 0.25) is 0 Å². The average molecular weight is 316 g/mol. The molecule has 1 aliphatic heterocycles. The summed E-state index contributed by atoms with van der Waals surface area (Å²) in [7, 11) is 0. The van der Waals surface area contributed by atoms with E-state index >= 15 is 0 Å². The lowest BCUT2D eigenvalue weighted by Gasteiger charge is -2.08. The van der Waals surface area contributed by atoms with Crippen molar-refractivity contribution in [2.45, 2.75) is 25.4 Å². The van der Waals surface area contributed by atoms with Crippen LogP contribution in [0.25, 0.3) is 11.4 Å². The van der Waals surface area contributed by atoms with Crippen molar-refractivity contribution >= 4 is 12.0 Å². The number of aromatic nitrogens is 3. The molecule has 8 nitrogen and oxygen atoms in total. The summed E-state index contributed by atoms with van der Waals surface area (Å²) < 4.78 is 10.4. The Morgan fingerprint density at radius 2 is 2.13 bits per heavy atom. The van der Waals surface area contributed by atoms with Gasteiger partial charge in [-0.3, -0.25) is 20.2 Å². The molecule has 1 atom stereocenters. The summed E-state index contributed by atoms with van der Waals surface area (Å²) in [5.41, 5.74) is 1.64. The van der Waals surface area contributed by atoms with Gasteiger partial charge in [-0.05, 0) is 37.5 Å². The first kappa shape index (κ1) is 15.0. The van der Waals surface area contributed by atoms with Gasteiger partial charge in [-0.2, -0.15) is 5.10 Å². The lowest BCUT2D eigenvalue weighted by molar-refractivity contribution is -0.123. The quantitative estimate of drug-likeness (QED) is 0.752. The number of amides is 2. The van der Waals surface area contributed by atoms with Crippen LogP contribution in [-0.4, -0.2) is 39.9 Å². The number of rotatable bonds is 7. The molecule has 1 fully saturated rings. The number of ether oxygens (including phenoxy) is 2. The van der Waals surface area contributed by atoms with Crippen LogP contribution in [0.1, 0.15) is 19.3 Å². The zero-order valence-corrected chi connectivity index (χ0v) is 12.3. The molecule has 3 heterocycles. The van der Waals surface area contributed by atoms with Gasteiger partial charge in [0.25, 0.3) is 5.91 Å². The molecule has 0 spiro atoms. The summed E-state index contributed by atoms with van der Waals surface area (Å²) in [5, 5.41) is 8.83. The fourth-order valence-corrected chi connectivity index (χ4v) is 2.23. The highest BCUT2D eigenvalue weighted by Crippen LogP contribution is 2.17. The number of hydrogen-bond donors (Lipinski definition) is 2. The maximum Gasteiger partial charge on any atom is 0.414 e. The molecule has 2 aromatic rings. The van der Waals surface area contributed by atoms with Gasteiger partial charge >= 0.3 is 6.09 Å². The number of carbonyl (C=O) groups excluding carboxylic acids is 2. The van der Waals surface area contributed by atoms with Gasteiger partial charge < -0.3 is 9.47 Å². The van der Waals surface area contributed by atoms with E-state index in [9.17, 15) is 9.59 Å². The van der Waals surface area contributed by atoms with Crippen LogP contribution in [0.2, 0.25) is 0 Å². The molecule has 2 aromatic heterocycles. The molecule has 1 aliphatic rings. The highest BCUT2D eigenvalue weighted by Gasteiger charge is 2.31. The molecule has 1 unspecified atom stereocenters. The number of aromatic amines is 1. The fourth-order valence-electron chi connectivity index (χ4n) is 2.23. The van der Waals surface area contributed by atoms with Gasteiger partial charge in [-0.1, -0.05) is 0 Å². The fraction of sp³-hybridized carbons (Fsp3) is 0.333. The van der Waals surface area contributed by atoms with Crippen LogP contribution in [0, 0.1) is 0 Å². The third-order valence-corrected chi connectivity index (χ3v) is 3.41. The largest absolute Gasteiger partial charge is 0.492 e. The molecule has 2 N–H and O–H groups in total. The van der Waals surface area contributed by atoms with Crippen molar-refractivity contribution in [3.63, 3.8) is 0 Å². The minimum Gasteiger partial charge on any atom is -0.492 e. The van der Waals surface area contributed by atoms with E-state index in [1.165, 1.54) is 0 Å². The maximum absolute atomic E-state index is 11.3. The summed E-state index contributed by atoms with van der Waals surface area (Å²) in [6.45, 7) is 0.507. The summed E-state index contributed by atoms with van der Waals surface area (Å²) >= 11 is 0. The number of imide groups is 1. The minimum atomic E-state index is -0.669. The highest BCUT2D eigenvalue weighted by atomic mass is 16.6. The zero-order chi connectivity index (χ0) is 16.1. The second kappa shape index (κ2) is 6.91. The number of nitrogens with zero attached hydrogens (tertiary/aromatic N) is 2. The van der Waals surface area contributed by atoms with Crippen LogP contribution in [0.5, 0.6) is 5.75 Å². The first-order valence-electron chi connectivity index (χ1n) is 7.32. The molecule has 0 bridgehead atoms. The van der Waals surface area contributed by atoms with Gasteiger partial charge in [0.15, 0.2) is 6.10 Å². The summed E-state index contributed by atoms with van der Waals surface area (Å²) in [6.07, 6.45) is 3.97. The van der Waals surface area contributed by atoms with E-state index in [1.54, 1.807) is 12.4 Å². The predicted molar refractivity (Wildman–Crippen MR) is 79.6 cm³/mol. The molecular formula is C15H16N4O4. The number of cyclic esters (lactones) is 1. The van der Waals surface area contributed by atoms with Crippen molar-refractivity contribution < 1.29 is 19.1 Å². The van der Waals surface area contributed by atoms with Crippen LogP contribution in [-0.2, 0) is 9.53 Å². The number of alkyl carbamates (subject to hydrolysis) is 1. The third-order valence-electron chi connectivity index (χ3n) is 3.41.